The molecule has 2 aromatic rings. The van der Waals surface area contributed by atoms with Gasteiger partial charge in [-0.1, -0.05) is 37.3 Å². The summed E-state index contributed by atoms with van der Waals surface area (Å²) in [6.45, 7) is 4.14. The number of carbonyl (C=O) groups excluding carboxylic acids is 1. The summed E-state index contributed by atoms with van der Waals surface area (Å²) in [4.78, 5) is 14.0. The van der Waals surface area contributed by atoms with Crippen molar-refractivity contribution in [2.24, 2.45) is 0 Å². The van der Waals surface area contributed by atoms with E-state index in [2.05, 4.69) is 0 Å². The number of nitrogens with zero attached hydrogens (tertiary/aromatic N) is 1. The van der Waals surface area contributed by atoms with Gasteiger partial charge in [-0.05, 0) is 30.2 Å². The number of amides is 1. The van der Waals surface area contributed by atoms with Crippen LogP contribution in [0, 0.1) is 5.82 Å². The van der Waals surface area contributed by atoms with Crippen molar-refractivity contribution < 1.29 is 23.8 Å². The van der Waals surface area contributed by atoms with E-state index in [4.69, 9.17) is 9.47 Å². The zero-order valence-corrected chi connectivity index (χ0v) is 14.7. The van der Waals surface area contributed by atoms with E-state index >= 15 is 0 Å². The van der Waals surface area contributed by atoms with Gasteiger partial charge >= 0.3 is 0 Å². The van der Waals surface area contributed by atoms with Crippen molar-refractivity contribution in [3.63, 3.8) is 0 Å². The highest BCUT2D eigenvalue weighted by Crippen LogP contribution is 2.40. The molecule has 2 aromatic carbocycles. The SMILES string of the molecule is C1COCO1.CCC1(O)c2ccccc2C(=O)N1Cc1ccc(F)cc1. The average Bonchev–Trinajstić information content (AvgIpc) is 3.31. The van der Waals surface area contributed by atoms with Gasteiger partial charge in [-0.2, -0.15) is 0 Å². The highest BCUT2D eigenvalue weighted by atomic mass is 19.1. The standard InChI is InChI=1S/C17H16FNO2.C3H6O2/c1-2-17(21)15-6-4-3-5-14(15)16(20)19(17)11-12-7-9-13(18)10-8-12;1-2-5-3-4-1/h3-10,21H,2,11H2,1H3;1-3H2. The molecule has 0 bridgehead atoms. The van der Waals surface area contributed by atoms with E-state index in [1.165, 1.54) is 17.0 Å². The molecule has 0 aromatic heterocycles. The Bertz CT molecular complexity index is 753. The van der Waals surface area contributed by atoms with Crippen molar-refractivity contribution in [3.8, 4) is 0 Å². The highest BCUT2D eigenvalue weighted by molar-refractivity contribution is 5.99. The predicted octanol–water partition coefficient (Wildman–Crippen LogP) is 3.03. The van der Waals surface area contributed by atoms with E-state index in [1.807, 2.05) is 13.0 Å². The van der Waals surface area contributed by atoms with Gasteiger partial charge in [-0.15, -0.1) is 0 Å². The maximum Gasteiger partial charge on any atom is 0.257 e. The van der Waals surface area contributed by atoms with Crippen LogP contribution in [0.15, 0.2) is 48.5 Å². The molecule has 0 radical (unpaired) electrons. The fourth-order valence-electron chi connectivity index (χ4n) is 3.13. The van der Waals surface area contributed by atoms with Gasteiger partial charge in [0.25, 0.3) is 5.91 Å². The van der Waals surface area contributed by atoms with Gasteiger partial charge in [0.15, 0.2) is 5.72 Å². The lowest BCUT2D eigenvalue weighted by molar-refractivity contribution is -0.0910. The summed E-state index contributed by atoms with van der Waals surface area (Å²) < 4.78 is 22.4. The largest absolute Gasteiger partial charge is 0.367 e. The maximum atomic E-state index is 13.0. The van der Waals surface area contributed by atoms with Crippen LogP contribution in [-0.2, 0) is 21.7 Å². The molecule has 1 atom stereocenters. The minimum atomic E-state index is -1.30. The highest BCUT2D eigenvalue weighted by Gasteiger charge is 2.46. The Labute approximate surface area is 152 Å². The fraction of sp³-hybridized carbons (Fsp3) is 0.350. The van der Waals surface area contributed by atoms with Crippen LogP contribution >= 0.6 is 0 Å². The summed E-state index contributed by atoms with van der Waals surface area (Å²) in [6.07, 6.45) is 0.400. The maximum absolute atomic E-state index is 13.0. The van der Waals surface area contributed by atoms with Gasteiger partial charge in [0.2, 0.25) is 0 Å². The molecule has 5 nitrogen and oxygen atoms in total. The first-order chi connectivity index (χ1) is 12.6. The monoisotopic (exact) mass is 359 g/mol. The summed E-state index contributed by atoms with van der Waals surface area (Å²) >= 11 is 0. The zero-order valence-electron chi connectivity index (χ0n) is 14.7. The molecule has 0 aliphatic carbocycles. The van der Waals surface area contributed by atoms with Crippen molar-refractivity contribution in [2.75, 3.05) is 20.0 Å². The van der Waals surface area contributed by atoms with Gasteiger partial charge in [0.1, 0.15) is 12.6 Å². The number of rotatable bonds is 3. The fourth-order valence-corrected chi connectivity index (χ4v) is 3.13. The topological polar surface area (TPSA) is 59.0 Å². The Kier molecular flexibility index (Phi) is 5.66. The average molecular weight is 359 g/mol. The Morgan fingerprint density at radius 1 is 1.12 bits per heavy atom. The predicted molar refractivity (Wildman–Crippen MR) is 93.7 cm³/mol. The van der Waals surface area contributed by atoms with E-state index < -0.39 is 5.72 Å². The van der Waals surface area contributed by atoms with E-state index in [0.717, 1.165) is 18.8 Å². The summed E-state index contributed by atoms with van der Waals surface area (Å²) in [5.41, 5.74) is 0.648. The van der Waals surface area contributed by atoms with Crippen molar-refractivity contribution >= 4 is 5.91 Å². The Morgan fingerprint density at radius 3 is 2.35 bits per heavy atom. The van der Waals surface area contributed by atoms with Gasteiger partial charge in [0, 0.05) is 17.7 Å². The van der Waals surface area contributed by atoms with Crippen LogP contribution in [0.25, 0.3) is 0 Å². The molecule has 6 heteroatoms. The number of halogens is 1. The first kappa shape index (κ1) is 18.5. The molecular formula is C20H22FNO4. The minimum Gasteiger partial charge on any atom is -0.367 e. The molecular weight excluding hydrogens is 337 g/mol. The van der Waals surface area contributed by atoms with Crippen LogP contribution < -0.4 is 0 Å². The second kappa shape index (κ2) is 7.95. The van der Waals surface area contributed by atoms with E-state index in [-0.39, 0.29) is 18.3 Å². The molecule has 0 saturated carbocycles. The zero-order chi connectivity index (χ0) is 18.6. The van der Waals surface area contributed by atoms with Crippen LogP contribution in [0.4, 0.5) is 4.39 Å². The molecule has 26 heavy (non-hydrogen) atoms. The second-order valence-corrected chi connectivity index (χ2v) is 6.17. The lowest BCUT2D eigenvalue weighted by atomic mass is 9.99. The molecule has 4 rings (SSSR count). The second-order valence-electron chi connectivity index (χ2n) is 6.17. The smallest absolute Gasteiger partial charge is 0.257 e. The number of hydrogen-bond donors (Lipinski definition) is 1. The van der Waals surface area contributed by atoms with Crippen LogP contribution in [-0.4, -0.2) is 35.9 Å². The van der Waals surface area contributed by atoms with Crippen molar-refractivity contribution in [2.45, 2.75) is 25.6 Å². The third-order valence-corrected chi connectivity index (χ3v) is 4.57. The molecule has 1 N–H and O–H groups in total. The molecule has 2 aliphatic rings. The minimum absolute atomic E-state index is 0.195. The van der Waals surface area contributed by atoms with Crippen LogP contribution in [0.2, 0.25) is 0 Å². The molecule has 1 unspecified atom stereocenters. The van der Waals surface area contributed by atoms with Crippen LogP contribution in [0.5, 0.6) is 0 Å². The normalized spacial score (nSPS) is 21.3. The number of benzene rings is 2. The first-order valence-electron chi connectivity index (χ1n) is 8.60. The van der Waals surface area contributed by atoms with Crippen LogP contribution in [0.3, 0.4) is 0 Å². The van der Waals surface area contributed by atoms with Crippen molar-refractivity contribution in [1.29, 1.82) is 0 Å². The van der Waals surface area contributed by atoms with Gasteiger partial charge in [-0.3, -0.25) is 4.79 Å². The summed E-state index contributed by atoms with van der Waals surface area (Å²) in [7, 11) is 0. The van der Waals surface area contributed by atoms with Gasteiger partial charge in [0.05, 0.1) is 13.2 Å². The Balaban J connectivity index is 0.000000339. The molecule has 2 aliphatic heterocycles. The lowest BCUT2D eigenvalue weighted by Crippen LogP contribution is -2.42. The molecule has 1 fully saturated rings. The third kappa shape index (κ3) is 3.62. The van der Waals surface area contributed by atoms with Crippen molar-refractivity contribution in [3.05, 3.63) is 71.0 Å². The summed E-state index contributed by atoms with van der Waals surface area (Å²) in [5, 5.41) is 10.9. The number of aliphatic hydroxyl groups is 1. The molecule has 138 valence electrons. The number of hydrogen-bond acceptors (Lipinski definition) is 4. The molecule has 2 heterocycles. The quantitative estimate of drug-likeness (QED) is 0.915. The molecule has 1 saturated heterocycles. The first-order valence-corrected chi connectivity index (χ1v) is 8.60. The van der Waals surface area contributed by atoms with Gasteiger partial charge < -0.3 is 19.5 Å². The third-order valence-electron chi connectivity index (χ3n) is 4.57. The Hall–Kier alpha value is -2.28. The molecule has 1 amide bonds. The van der Waals surface area contributed by atoms with E-state index in [9.17, 15) is 14.3 Å². The van der Waals surface area contributed by atoms with E-state index in [0.29, 0.717) is 24.3 Å². The Morgan fingerprint density at radius 2 is 1.77 bits per heavy atom. The van der Waals surface area contributed by atoms with E-state index in [1.54, 1.807) is 30.3 Å². The summed E-state index contributed by atoms with van der Waals surface area (Å²) in [5.74, 6) is -0.514. The molecule has 0 spiro atoms. The van der Waals surface area contributed by atoms with Gasteiger partial charge in [-0.25, -0.2) is 4.39 Å². The number of fused-ring (bicyclic) bond motifs is 1. The summed E-state index contributed by atoms with van der Waals surface area (Å²) in [6, 6.07) is 13.1. The number of ether oxygens (including phenoxy) is 2. The van der Waals surface area contributed by atoms with Crippen LogP contribution in [0.1, 0.15) is 34.8 Å². The van der Waals surface area contributed by atoms with Crippen molar-refractivity contribution in [1.82, 2.24) is 4.90 Å². The number of carbonyl (C=O) groups is 1. The lowest BCUT2D eigenvalue weighted by Gasteiger charge is -2.33.